The van der Waals surface area contributed by atoms with Crippen LogP contribution >= 0.6 is 11.6 Å². The minimum Gasteiger partial charge on any atom is -0.299 e. The first-order valence-electron chi connectivity index (χ1n) is 6.77. The molecule has 8 heteroatoms. The van der Waals surface area contributed by atoms with Crippen molar-refractivity contribution in [1.82, 2.24) is 9.62 Å². The van der Waals surface area contributed by atoms with Crippen LogP contribution < -0.4 is 9.86 Å². The Morgan fingerprint density at radius 1 is 1.48 bits per heavy atom. The fourth-order valence-corrected chi connectivity index (χ4v) is 3.28. The topological polar surface area (TPSA) is 75.4 Å². The van der Waals surface area contributed by atoms with Gasteiger partial charge in [0.1, 0.15) is 5.82 Å². The molecule has 1 saturated heterocycles. The number of nitrogens with zero attached hydrogens (tertiary/aromatic N) is 1. The van der Waals surface area contributed by atoms with E-state index in [4.69, 9.17) is 16.7 Å². The molecule has 0 spiro atoms. The standard InChI is InChI=1S/C13H19ClFN3O2S/c14-13-6-12(15)4-3-11(13)9-18-5-1-2-10(8-18)7-17-21(16,19)20/h3-4,6,10,17H,1-2,5,7-9H2,(H2,16,19,20). The number of rotatable bonds is 5. The normalized spacial score (nSPS) is 20.6. The molecule has 1 atom stereocenters. The predicted octanol–water partition coefficient (Wildman–Crippen LogP) is 1.48. The summed E-state index contributed by atoms with van der Waals surface area (Å²) in [6, 6.07) is 4.38. The molecule has 1 aromatic carbocycles. The first-order valence-corrected chi connectivity index (χ1v) is 8.69. The zero-order valence-corrected chi connectivity index (χ0v) is 13.1. The van der Waals surface area contributed by atoms with Gasteiger partial charge < -0.3 is 0 Å². The molecular weight excluding hydrogens is 317 g/mol. The molecule has 0 aliphatic carbocycles. The van der Waals surface area contributed by atoms with Gasteiger partial charge in [-0.3, -0.25) is 4.90 Å². The summed E-state index contributed by atoms with van der Waals surface area (Å²) in [7, 11) is -3.64. The molecule has 1 fully saturated rings. The van der Waals surface area contributed by atoms with E-state index in [2.05, 4.69) is 9.62 Å². The van der Waals surface area contributed by atoms with Crippen molar-refractivity contribution in [3.63, 3.8) is 0 Å². The van der Waals surface area contributed by atoms with Crippen LogP contribution in [0.1, 0.15) is 18.4 Å². The Labute approximate surface area is 129 Å². The second kappa shape index (κ2) is 7.02. The van der Waals surface area contributed by atoms with Gasteiger partial charge in [-0.25, -0.2) is 14.3 Å². The summed E-state index contributed by atoms with van der Waals surface area (Å²) < 4.78 is 37.2. The molecule has 0 aromatic heterocycles. The number of likely N-dealkylation sites (tertiary alicyclic amines) is 1. The quantitative estimate of drug-likeness (QED) is 0.856. The van der Waals surface area contributed by atoms with Crippen LogP contribution in [0, 0.1) is 11.7 Å². The van der Waals surface area contributed by atoms with Crippen LogP contribution in [-0.4, -0.2) is 33.0 Å². The molecule has 0 bridgehead atoms. The highest BCUT2D eigenvalue weighted by atomic mass is 35.5. The Balaban J connectivity index is 1.92. The summed E-state index contributed by atoms with van der Waals surface area (Å²) in [5.74, 6) is -0.131. The minimum absolute atomic E-state index is 0.219. The summed E-state index contributed by atoms with van der Waals surface area (Å²) in [5, 5.41) is 5.36. The Morgan fingerprint density at radius 2 is 2.24 bits per heavy atom. The average Bonchev–Trinajstić information content (AvgIpc) is 2.39. The number of benzene rings is 1. The SMILES string of the molecule is NS(=O)(=O)NCC1CCCN(Cc2ccc(F)cc2Cl)C1. The van der Waals surface area contributed by atoms with Gasteiger partial charge in [0.05, 0.1) is 0 Å². The predicted molar refractivity (Wildman–Crippen MR) is 80.5 cm³/mol. The first kappa shape index (κ1) is 16.6. The molecule has 1 aromatic rings. The molecule has 0 amide bonds. The maximum Gasteiger partial charge on any atom is 0.274 e. The van der Waals surface area contributed by atoms with Gasteiger partial charge in [-0.2, -0.15) is 8.42 Å². The third kappa shape index (κ3) is 5.52. The Bertz CT molecular complexity index is 597. The van der Waals surface area contributed by atoms with Gasteiger partial charge in [-0.05, 0) is 43.0 Å². The van der Waals surface area contributed by atoms with Gasteiger partial charge in [0.25, 0.3) is 10.2 Å². The summed E-state index contributed by atoms with van der Waals surface area (Å²) in [5.41, 5.74) is 0.873. The number of nitrogens with one attached hydrogen (secondary N) is 1. The highest BCUT2D eigenvalue weighted by molar-refractivity contribution is 7.87. The zero-order chi connectivity index (χ0) is 15.5. The summed E-state index contributed by atoms with van der Waals surface area (Å²) in [6.45, 7) is 2.65. The molecule has 118 valence electrons. The smallest absolute Gasteiger partial charge is 0.274 e. The number of halogens is 2. The molecule has 0 saturated carbocycles. The number of hydrogen-bond donors (Lipinski definition) is 2. The van der Waals surface area contributed by atoms with E-state index in [0.717, 1.165) is 31.5 Å². The fourth-order valence-electron chi connectivity index (χ4n) is 2.59. The van der Waals surface area contributed by atoms with E-state index in [-0.39, 0.29) is 11.7 Å². The van der Waals surface area contributed by atoms with Crippen LogP contribution in [0.2, 0.25) is 5.02 Å². The molecule has 21 heavy (non-hydrogen) atoms. The van der Waals surface area contributed by atoms with Crippen molar-refractivity contribution in [2.24, 2.45) is 11.1 Å². The molecule has 2 rings (SSSR count). The lowest BCUT2D eigenvalue weighted by molar-refractivity contribution is 0.169. The van der Waals surface area contributed by atoms with Gasteiger partial charge in [-0.1, -0.05) is 17.7 Å². The molecule has 1 aliphatic rings. The summed E-state index contributed by atoms with van der Waals surface area (Å²) in [4.78, 5) is 2.19. The van der Waals surface area contributed by atoms with E-state index in [9.17, 15) is 12.8 Å². The molecule has 1 heterocycles. The van der Waals surface area contributed by atoms with E-state index in [1.54, 1.807) is 6.07 Å². The van der Waals surface area contributed by atoms with Gasteiger partial charge in [0.2, 0.25) is 0 Å². The third-order valence-electron chi connectivity index (χ3n) is 3.59. The first-order chi connectivity index (χ1) is 9.83. The number of hydrogen-bond acceptors (Lipinski definition) is 3. The van der Waals surface area contributed by atoms with E-state index in [1.165, 1.54) is 12.1 Å². The lowest BCUT2D eigenvalue weighted by Crippen LogP contribution is -2.42. The van der Waals surface area contributed by atoms with Crippen molar-refractivity contribution >= 4 is 21.8 Å². The van der Waals surface area contributed by atoms with Crippen molar-refractivity contribution in [2.75, 3.05) is 19.6 Å². The van der Waals surface area contributed by atoms with Gasteiger partial charge in [0.15, 0.2) is 0 Å². The van der Waals surface area contributed by atoms with Crippen molar-refractivity contribution < 1.29 is 12.8 Å². The van der Waals surface area contributed by atoms with Crippen LogP contribution in [0.5, 0.6) is 0 Å². The second-order valence-corrected chi connectivity index (χ2v) is 7.16. The van der Waals surface area contributed by atoms with Crippen molar-refractivity contribution in [2.45, 2.75) is 19.4 Å². The molecule has 1 unspecified atom stereocenters. The largest absolute Gasteiger partial charge is 0.299 e. The van der Waals surface area contributed by atoms with Gasteiger partial charge in [0, 0.05) is 24.7 Å². The highest BCUT2D eigenvalue weighted by Crippen LogP contribution is 2.22. The molecule has 1 aliphatic heterocycles. The van der Waals surface area contributed by atoms with Crippen LogP contribution in [0.4, 0.5) is 4.39 Å². The zero-order valence-electron chi connectivity index (χ0n) is 11.6. The Kier molecular flexibility index (Phi) is 5.56. The van der Waals surface area contributed by atoms with E-state index in [0.29, 0.717) is 18.1 Å². The lowest BCUT2D eigenvalue weighted by Gasteiger charge is -2.32. The lowest BCUT2D eigenvalue weighted by atomic mass is 9.98. The van der Waals surface area contributed by atoms with Crippen LogP contribution in [0.15, 0.2) is 18.2 Å². The maximum atomic E-state index is 13.0. The molecule has 3 N–H and O–H groups in total. The summed E-state index contributed by atoms with van der Waals surface area (Å²) >= 11 is 6.03. The van der Waals surface area contributed by atoms with E-state index < -0.39 is 10.2 Å². The Morgan fingerprint density at radius 3 is 2.90 bits per heavy atom. The highest BCUT2D eigenvalue weighted by Gasteiger charge is 2.21. The third-order valence-corrected chi connectivity index (χ3v) is 4.51. The molecule has 5 nitrogen and oxygen atoms in total. The second-order valence-electron chi connectivity index (χ2n) is 5.37. The van der Waals surface area contributed by atoms with E-state index in [1.807, 2.05) is 0 Å². The monoisotopic (exact) mass is 335 g/mol. The molecular formula is C13H19ClFN3O2S. The van der Waals surface area contributed by atoms with E-state index >= 15 is 0 Å². The minimum atomic E-state index is -3.64. The number of nitrogens with two attached hydrogens (primary N) is 1. The van der Waals surface area contributed by atoms with Crippen molar-refractivity contribution in [3.05, 3.63) is 34.6 Å². The van der Waals surface area contributed by atoms with Crippen LogP contribution in [0.3, 0.4) is 0 Å². The fraction of sp³-hybridized carbons (Fsp3) is 0.538. The van der Waals surface area contributed by atoms with Crippen LogP contribution in [-0.2, 0) is 16.8 Å². The summed E-state index contributed by atoms with van der Waals surface area (Å²) in [6.07, 6.45) is 1.94. The number of piperidine rings is 1. The maximum absolute atomic E-state index is 13.0. The van der Waals surface area contributed by atoms with Crippen LogP contribution in [0.25, 0.3) is 0 Å². The average molecular weight is 336 g/mol. The van der Waals surface area contributed by atoms with Crippen molar-refractivity contribution in [3.8, 4) is 0 Å². The van der Waals surface area contributed by atoms with Crippen molar-refractivity contribution in [1.29, 1.82) is 0 Å². The van der Waals surface area contributed by atoms with Gasteiger partial charge in [-0.15, -0.1) is 0 Å². The molecule has 0 radical (unpaired) electrons. The van der Waals surface area contributed by atoms with Gasteiger partial charge >= 0.3 is 0 Å². The Hall–Kier alpha value is -0.730.